The summed E-state index contributed by atoms with van der Waals surface area (Å²) in [4.78, 5) is 14.3. The highest BCUT2D eigenvalue weighted by Crippen LogP contribution is 2.09. The number of nitrogen functional groups attached to an aromatic ring is 1. The molecule has 1 rings (SSSR count). The van der Waals surface area contributed by atoms with Crippen LogP contribution in [-0.2, 0) is 0 Å². The second-order valence-corrected chi connectivity index (χ2v) is 4.04. The number of hydrogen-bond acceptors (Lipinski definition) is 7. The molecule has 1 aromatic heterocycles. The molecule has 0 amide bonds. The van der Waals surface area contributed by atoms with E-state index >= 15 is 0 Å². The summed E-state index contributed by atoms with van der Waals surface area (Å²) in [5, 5.41) is 3.19. The van der Waals surface area contributed by atoms with E-state index in [1.165, 1.54) is 7.11 Å². The molecule has 0 radical (unpaired) electrons. The summed E-state index contributed by atoms with van der Waals surface area (Å²) in [6.45, 7) is 9.31. The molecule has 0 aromatic carbocycles. The van der Waals surface area contributed by atoms with Gasteiger partial charge in [0, 0.05) is 12.6 Å². The average Bonchev–Trinajstić information content (AvgIpc) is 2.35. The van der Waals surface area contributed by atoms with Gasteiger partial charge in [-0.15, -0.1) is 0 Å². The summed E-state index contributed by atoms with van der Waals surface area (Å²) >= 11 is 0. The lowest BCUT2D eigenvalue weighted by molar-refractivity contribution is 0.294. The highest BCUT2D eigenvalue weighted by atomic mass is 16.5. The highest BCUT2D eigenvalue weighted by molar-refractivity contribution is 5.33. The molecule has 7 heteroatoms. The van der Waals surface area contributed by atoms with Crippen molar-refractivity contribution >= 4 is 11.9 Å². The first-order chi connectivity index (χ1) is 8.58. The minimum Gasteiger partial charge on any atom is -0.467 e. The van der Waals surface area contributed by atoms with Crippen LogP contribution in [0.15, 0.2) is 0 Å². The normalized spacial score (nSPS) is 12.5. The first kappa shape index (κ1) is 14.4. The van der Waals surface area contributed by atoms with Crippen molar-refractivity contribution in [2.75, 3.05) is 37.8 Å². The van der Waals surface area contributed by atoms with Gasteiger partial charge in [-0.3, -0.25) is 0 Å². The Balaban J connectivity index is 2.63. The molecule has 0 spiro atoms. The SMILES string of the molecule is CCN(CC)CC(C)Nc1nc(N)nc(OC)n1. The molecule has 0 aliphatic rings. The number of nitrogens with one attached hydrogen (secondary N) is 1. The molecule has 1 heterocycles. The fourth-order valence-electron chi connectivity index (χ4n) is 1.66. The van der Waals surface area contributed by atoms with E-state index in [-0.39, 0.29) is 18.0 Å². The number of nitrogens with zero attached hydrogens (tertiary/aromatic N) is 4. The van der Waals surface area contributed by atoms with E-state index < -0.39 is 0 Å². The van der Waals surface area contributed by atoms with Crippen LogP contribution in [0.2, 0.25) is 0 Å². The Labute approximate surface area is 108 Å². The largest absolute Gasteiger partial charge is 0.467 e. The molecule has 7 nitrogen and oxygen atoms in total. The molecule has 1 aromatic rings. The number of hydrogen-bond donors (Lipinski definition) is 2. The van der Waals surface area contributed by atoms with E-state index in [9.17, 15) is 0 Å². The lowest BCUT2D eigenvalue weighted by Crippen LogP contribution is -2.35. The fourth-order valence-corrected chi connectivity index (χ4v) is 1.66. The summed E-state index contributed by atoms with van der Waals surface area (Å²) in [6.07, 6.45) is 0. The van der Waals surface area contributed by atoms with Gasteiger partial charge in [0.05, 0.1) is 7.11 Å². The zero-order chi connectivity index (χ0) is 13.5. The molecule has 3 N–H and O–H groups in total. The number of methoxy groups -OCH3 is 1. The van der Waals surface area contributed by atoms with Crippen molar-refractivity contribution in [2.45, 2.75) is 26.8 Å². The summed E-state index contributed by atoms with van der Waals surface area (Å²) in [5.74, 6) is 0.596. The van der Waals surface area contributed by atoms with Crippen molar-refractivity contribution < 1.29 is 4.74 Å². The van der Waals surface area contributed by atoms with E-state index in [4.69, 9.17) is 10.5 Å². The standard InChI is InChI=1S/C11H22N6O/c1-5-17(6-2)7-8(3)13-10-14-9(12)15-11(16-10)18-4/h8H,5-7H2,1-4H3,(H3,12,13,14,15,16). The molecule has 0 bridgehead atoms. The summed E-state index contributed by atoms with van der Waals surface area (Å²) in [6, 6.07) is 0.441. The summed E-state index contributed by atoms with van der Waals surface area (Å²) < 4.78 is 4.95. The minimum absolute atomic E-state index is 0.152. The van der Waals surface area contributed by atoms with Crippen LogP contribution >= 0.6 is 0 Å². The Morgan fingerprint density at radius 2 is 1.94 bits per heavy atom. The molecule has 0 aliphatic carbocycles. The molecule has 0 aliphatic heterocycles. The van der Waals surface area contributed by atoms with Gasteiger partial charge >= 0.3 is 6.01 Å². The van der Waals surface area contributed by atoms with Crippen molar-refractivity contribution in [3.05, 3.63) is 0 Å². The number of likely N-dealkylation sites (N-methyl/N-ethyl adjacent to an activating group) is 1. The van der Waals surface area contributed by atoms with Gasteiger partial charge in [-0.2, -0.15) is 15.0 Å². The first-order valence-electron chi connectivity index (χ1n) is 6.13. The van der Waals surface area contributed by atoms with Crippen molar-refractivity contribution in [1.29, 1.82) is 0 Å². The number of ether oxygens (including phenoxy) is 1. The Hall–Kier alpha value is -1.63. The van der Waals surface area contributed by atoms with Crippen LogP contribution in [0, 0.1) is 0 Å². The maximum absolute atomic E-state index is 5.57. The molecular weight excluding hydrogens is 232 g/mol. The van der Waals surface area contributed by atoms with Crippen molar-refractivity contribution in [3.63, 3.8) is 0 Å². The van der Waals surface area contributed by atoms with Gasteiger partial charge < -0.3 is 20.7 Å². The number of nitrogens with two attached hydrogens (primary N) is 1. The predicted molar refractivity (Wildman–Crippen MR) is 71.7 cm³/mol. The second-order valence-electron chi connectivity index (χ2n) is 4.04. The number of rotatable bonds is 7. The average molecular weight is 254 g/mol. The topological polar surface area (TPSA) is 89.2 Å². The second kappa shape index (κ2) is 6.95. The third kappa shape index (κ3) is 4.33. The van der Waals surface area contributed by atoms with Gasteiger partial charge in [0.2, 0.25) is 11.9 Å². The van der Waals surface area contributed by atoms with Gasteiger partial charge in [0.25, 0.3) is 0 Å². The van der Waals surface area contributed by atoms with Gasteiger partial charge in [0.1, 0.15) is 0 Å². The zero-order valence-corrected chi connectivity index (χ0v) is 11.5. The Morgan fingerprint density at radius 1 is 1.28 bits per heavy atom. The lowest BCUT2D eigenvalue weighted by atomic mass is 10.3. The van der Waals surface area contributed by atoms with E-state index in [2.05, 4.69) is 45.9 Å². The van der Waals surface area contributed by atoms with Crippen LogP contribution in [0.5, 0.6) is 6.01 Å². The van der Waals surface area contributed by atoms with Crippen molar-refractivity contribution in [3.8, 4) is 6.01 Å². The molecular formula is C11H22N6O. The highest BCUT2D eigenvalue weighted by Gasteiger charge is 2.10. The fraction of sp³-hybridized carbons (Fsp3) is 0.727. The summed E-state index contributed by atoms with van der Waals surface area (Å²) in [7, 11) is 1.50. The third-order valence-electron chi connectivity index (χ3n) is 2.62. The number of aromatic nitrogens is 3. The molecule has 1 unspecified atom stereocenters. The Morgan fingerprint density at radius 3 is 2.50 bits per heavy atom. The molecule has 1 atom stereocenters. The third-order valence-corrected chi connectivity index (χ3v) is 2.62. The lowest BCUT2D eigenvalue weighted by Gasteiger charge is -2.23. The molecule has 0 fully saturated rings. The van der Waals surface area contributed by atoms with Crippen molar-refractivity contribution in [1.82, 2.24) is 19.9 Å². The van der Waals surface area contributed by atoms with Crippen LogP contribution in [0.4, 0.5) is 11.9 Å². The van der Waals surface area contributed by atoms with E-state index in [0.717, 1.165) is 19.6 Å². The number of anilines is 2. The zero-order valence-electron chi connectivity index (χ0n) is 11.5. The molecule has 18 heavy (non-hydrogen) atoms. The maximum Gasteiger partial charge on any atom is 0.322 e. The Kier molecular flexibility index (Phi) is 5.57. The molecule has 102 valence electrons. The minimum atomic E-state index is 0.152. The molecule has 0 saturated carbocycles. The van der Waals surface area contributed by atoms with E-state index in [0.29, 0.717) is 5.95 Å². The van der Waals surface area contributed by atoms with Crippen LogP contribution in [-0.4, -0.2) is 52.6 Å². The van der Waals surface area contributed by atoms with Gasteiger partial charge in [-0.05, 0) is 20.0 Å². The smallest absolute Gasteiger partial charge is 0.322 e. The van der Waals surface area contributed by atoms with Crippen LogP contribution in [0.1, 0.15) is 20.8 Å². The quantitative estimate of drug-likeness (QED) is 0.736. The van der Waals surface area contributed by atoms with Gasteiger partial charge in [0.15, 0.2) is 0 Å². The van der Waals surface area contributed by atoms with Gasteiger partial charge in [-0.25, -0.2) is 0 Å². The first-order valence-corrected chi connectivity index (χ1v) is 6.13. The van der Waals surface area contributed by atoms with Crippen LogP contribution in [0.25, 0.3) is 0 Å². The summed E-state index contributed by atoms with van der Waals surface area (Å²) in [5.41, 5.74) is 5.57. The van der Waals surface area contributed by atoms with E-state index in [1.54, 1.807) is 0 Å². The van der Waals surface area contributed by atoms with Gasteiger partial charge in [-0.1, -0.05) is 13.8 Å². The maximum atomic E-state index is 5.57. The van der Waals surface area contributed by atoms with E-state index in [1.807, 2.05) is 0 Å². The Bertz CT molecular complexity index is 369. The monoisotopic (exact) mass is 254 g/mol. The predicted octanol–water partition coefficient (Wildman–Crippen LogP) is 0.605. The van der Waals surface area contributed by atoms with Crippen LogP contribution in [0.3, 0.4) is 0 Å². The molecule has 0 saturated heterocycles. The van der Waals surface area contributed by atoms with Crippen LogP contribution < -0.4 is 15.8 Å². The van der Waals surface area contributed by atoms with Crippen molar-refractivity contribution in [2.24, 2.45) is 0 Å².